The fourth-order valence-electron chi connectivity index (χ4n) is 3.11. The van der Waals surface area contributed by atoms with Gasteiger partial charge >= 0.3 is 0 Å². The molecule has 1 amide bonds. The summed E-state index contributed by atoms with van der Waals surface area (Å²) in [6.07, 6.45) is 6.90. The highest BCUT2D eigenvalue weighted by atomic mass is 32.1. The lowest BCUT2D eigenvalue weighted by molar-refractivity contribution is -0.114. The minimum atomic E-state index is -0.136. The highest BCUT2D eigenvalue weighted by molar-refractivity contribution is 7.22. The van der Waals surface area contributed by atoms with E-state index in [4.69, 9.17) is 14.5 Å². The summed E-state index contributed by atoms with van der Waals surface area (Å²) in [7, 11) is 0. The van der Waals surface area contributed by atoms with Crippen molar-refractivity contribution in [3.63, 3.8) is 0 Å². The van der Waals surface area contributed by atoms with Crippen molar-refractivity contribution in [3.8, 4) is 11.5 Å². The molecule has 0 aliphatic carbocycles. The zero-order chi connectivity index (χ0) is 20.3. The molecule has 4 aromatic rings. The molecule has 6 nitrogen and oxygen atoms in total. The third-order valence-corrected chi connectivity index (χ3v) is 6.41. The van der Waals surface area contributed by atoms with Gasteiger partial charge in [0.25, 0.3) is 5.91 Å². The molecule has 1 aromatic carbocycles. The monoisotopic (exact) mass is 435 g/mol. The number of ether oxygens (including phenoxy) is 2. The summed E-state index contributed by atoms with van der Waals surface area (Å²) in [5.41, 5.74) is 1.71. The summed E-state index contributed by atoms with van der Waals surface area (Å²) >= 11 is 3.04. The molecule has 4 heterocycles. The second kappa shape index (κ2) is 8.25. The van der Waals surface area contributed by atoms with Crippen molar-refractivity contribution >= 4 is 50.0 Å². The molecule has 0 spiro atoms. The van der Waals surface area contributed by atoms with Crippen LogP contribution in [0.25, 0.3) is 16.3 Å². The number of thiazole rings is 1. The zero-order valence-corrected chi connectivity index (χ0v) is 17.5. The average molecular weight is 436 g/mol. The van der Waals surface area contributed by atoms with Gasteiger partial charge in [-0.2, -0.15) is 0 Å². The molecule has 0 N–H and O–H groups in total. The first-order chi connectivity index (χ1) is 14.8. The number of anilines is 1. The quantitative estimate of drug-likeness (QED) is 0.423. The van der Waals surface area contributed by atoms with Crippen molar-refractivity contribution in [3.05, 3.63) is 70.7 Å². The van der Waals surface area contributed by atoms with E-state index in [-0.39, 0.29) is 5.91 Å². The molecule has 3 aromatic heterocycles. The maximum Gasteiger partial charge on any atom is 0.253 e. The van der Waals surface area contributed by atoms with E-state index in [2.05, 4.69) is 4.98 Å². The molecule has 0 bridgehead atoms. The van der Waals surface area contributed by atoms with Gasteiger partial charge in [-0.15, -0.1) is 11.3 Å². The minimum absolute atomic E-state index is 0.136. The normalized spacial score (nSPS) is 13.1. The molecule has 0 atom stereocenters. The number of rotatable bonds is 5. The number of carbonyl (C=O) groups is 1. The van der Waals surface area contributed by atoms with Crippen LogP contribution in [-0.4, -0.2) is 29.1 Å². The highest BCUT2D eigenvalue weighted by Crippen LogP contribution is 2.39. The molecule has 5 rings (SSSR count). The number of fused-ring (bicyclic) bond motifs is 2. The molecule has 150 valence electrons. The molecule has 1 aliphatic rings. The fourth-order valence-corrected chi connectivity index (χ4v) is 4.71. The molecule has 0 radical (unpaired) electrons. The molecule has 0 saturated carbocycles. The largest absolute Gasteiger partial charge is 0.486 e. The first-order valence-electron chi connectivity index (χ1n) is 9.38. The smallest absolute Gasteiger partial charge is 0.253 e. The lowest BCUT2D eigenvalue weighted by atomic mass is 10.2. The Hall–Kier alpha value is -3.23. The minimum Gasteiger partial charge on any atom is -0.486 e. The van der Waals surface area contributed by atoms with E-state index in [9.17, 15) is 4.79 Å². The average Bonchev–Trinajstić information content (AvgIpc) is 3.44. The Labute approximate surface area is 181 Å². The van der Waals surface area contributed by atoms with Gasteiger partial charge in [0.05, 0.1) is 16.8 Å². The Morgan fingerprint density at radius 1 is 1.17 bits per heavy atom. The second-order valence-electron chi connectivity index (χ2n) is 6.59. The van der Waals surface area contributed by atoms with E-state index in [0.29, 0.717) is 36.4 Å². The van der Waals surface area contributed by atoms with E-state index < -0.39 is 0 Å². The number of pyridine rings is 1. The van der Waals surface area contributed by atoms with Crippen molar-refractivity contribution in [2.75, 3.05) is 18.1 Å². The van der Waals surface area contributed by atoms with Crippen LogP contribution in [0.3, 0.4) is 0 Å². The number of nitrogens with zero attached hydrogens (tertiary/aromatic N) is 3. The third kappa shape index (κ3) is 3.92. The number of hydrogen-bond acceptors (Lipinski definition) is 7. The van der Waals surface area contributed by atoms with E-state index in [1.54, 1.807) is 34.7 Å². The Morgan fingerprint density at radius 3 is 2.80 bits per heavy atom. The van der Waals surface area contributed by atoms with Crippen LogP contribution in [0.1, 0.15) is 10.4 Å². The molecule has 30 heavy (non-hydrogen) atoms. The molecule has 1 aliphatic heterocycles. The van der Waals surface area contributed by atoms with E-state index in [1.807, 2.05) is 47.9 Å². The number of carbonyl (C=O) groups excluding carboxylic acids is 1. The van der Waals surface area contributed by atoms with Gasteiger partial charge in [0.1, 0.15) is 13.2 Å². The molecular weight excluding hydrogens is 418 g/mol. The highest BCUT2D eigenvalue weighted by Gasteiger charge is 2.21. The van der Waals surface area contributed by atoms with Crippen LogP contribution in [0.4, 0.5) is 5.13 Å². The van der Waals surface area contributed by atoms with Crippen molar-refractivity contribution in [2.24, 2.45) is 0 Å². The van der Waals surface area contributed by atoms with E-state index in [0.717, 1.165) is 20.7 Å². The Balaban J connectivity index is 1.50. The van der Waals surface area contributed by atoms with Crippen LogP contribution in [-0.2, 0) is 11.3 Å². The Bertz CT molecular complexity index is 1160. The van der Waals surface area contributed by atoms with Crippen LogP contribution in [0, 0.1) is 0 Å². The van der Waals surface area contributed by atoms with Crippen molar-refractivity contribution in [2.45, 2.75) is 6.54 Å². The SMILES string of the molecule is O=C(/C=C/c1cccs1)N(Cc1cccnc1)c1nc2cc3c(cc2s1)OCCO3. The summed E-state index contributed by atoms with van der Waals surface area (Å²) in [5, 5.41) is 2.61. The third-order valence-electron chi connectivity index (χ3n) is 4.53. The fraction of sp³-hybridized carbons (Fsp3) is 0.136. The second-order valence-corrected chi connectivity index (χ2v) is 8.58. The van der Waals surface area contributed by atoms with Crippen LogP contribution in [0.15, 0.2) is 60.2 Å². The van der Waals surface area contributed by atoms with Crippen molar-refractivity contribution in [1.82, 2.24) is 9.97 Å². The van der Waals surface area contributed by atoms with Crippen molar-refractivity contribution < 1.29 is 14.3 Å². The van der Waals surface area contributed by atoms with Crippen LogP contribution < -0.4 is 14.4 Å². The summed E-state index contributed by atoms with van der Waals surface area (Å²) in [6.45, 7) is 1.44. The van der Waals surface area contributed by atoms with Crippen LogP contribution in [0.5, 0.6) is 11.5 Å². The van der Waals surface area contributed by atoms with Gasteiger partial charge in [0, 0.05) is 35.5 Å². The molecule has 8 heteroatoms. The van der Waals surface area contributed by atoms with Crippen LogP contribution >= 0.6 is 22.7 Å². The number of aromatic nitrogens is 2. The van der Waals surface area contributed by atoms with Crippen molar-refractivity contribution in [1.29, 1.82) is 0 Å². The summed E-state index contributed by atoms with van der Waals surface area (Å²) in [4.78, 5) is 24.7. The van der Waals surface area contributed by atoms with Gasteiger partial charge in [-0.25, -0.2) is 4.98 Å². The topological polar surface area (TPSA) is 64.6 Å². The van der Waals surface area contributed by atoms with E-state index in [1.165, 1.54) is 11.3 Å². The molecule has 0 unspecified atom stereocenters. The predicted octanol–water partition coefficient (Wildman–Crippen LogP) is 4.77. The first-order valence-corrected chi connectivity index (χ1v) is 11.1. The number of benzene rings is 1. The predicted molar refractivity (Wildman–Crippen MR) is 119 cm³/mol. The van der Waals surface area contributed by atoms with E-state index >= 15 is 0 Å². The molecule has 0 fully saturated rings. The zero-order valence-electron chi connectivity index (χ0n) is 15.9. The summed E-state index contributed by atoms with van der Waals surface area (Å²) < 4.78 is 12.3. The summed E-state index contributed by atoms with van der Waals surface area (Å²) in [6, 6.07) is 11.5. The standard InChI is InChI=1S/C22H17N3O3S2/c26-21(6-5-16-4-2-10-29-16)25(14-15-3-1-7-23-13-15)22-24-17-11-18-19(12-20(17)30-22)28-9-8-27-18/h1-7,10-13H,8-9,14H2/b6-5+. The number of amides is 1. The molecule has 0 saturated heterocycles. The van der Waals surface area contributed by atoms with Crippen LogP contribution in [0.2, 0.25) is 0 Å². The Kier molecular flexibility index (Phi) is 5.17. The molecular formula is C22H17N3O3S2. The first kappa shape index (κ1) is 18.8. The lowest BCUT2D eigenvalue weighted by Gasteiger charge is -2.18. The summed E-state index contributed by atoms with van der Waals surface area (Å²) in [5.74, 6) is 1.27. The van der Waals surface area contributed by atoms with Gasteiger partial charge < -0.3 is 9.47 Å². The maximum absolute atomic E-state index is 13.1. The van der Waals surface area contributed by atoms with Gasteiger partial charge in [0.2, 0.25) is 0 Å². The Morgan fingerprint density at radius 2 is 2.03 bits per heavy atom. The lowest BCUT2D eigenvalue weighted by Crippen LogP contribution is -2.28. The number of hydrogen-bond donors (Lipinski definition) is 0. The number of thiophene rings is 1. The van der Waals surface area contributed by atoms with Gasteiger partial charge in [-0.3, -0.25) is 14.7 Å². The van der Waals surface area contributed by atoms with Gasteiger partial charge in [0.15, 0.2) is 16.6 Å². The van der Waals surface area contributed by atoms with Gasteiger partial charge in [-0.1, -0.05) is 23.5 Å². The maximum atomic E-state index is 13.1. The van der Waals surface area contributed by atoms with Gasteiger partial charge in [-0.05, 0) is 29.2 Å².